The number of rotatable bonds is 16. The average Bonchev–Trinajstić information content (AvgIpc) is 2.41. The molecule has 176 valence electrons. The fourth-order valence-electron chi connectivity index (χ4n) is 2.50. The van der Waals surface area contributed by atoms with Crippen LogP contribution in [-0.2, 0) is 36.3 Å². The highest BCUT2D eigenvalue weighted by Gasteiger charge is 2.45. The quantitative estimate of drug-likeness (QED) is 0.171. The summed E-state index contributed by atoms with van der Waals surface area (Å²) in [6, 6.07) is 0. The van der Waals surface area contributed by atoms with Gasteiger partial charge >= 0.3 is 15.2 Å². The van der Waals surface area contributed by atoms with Crippen molar-refractivity contribution < 1.29 is 36.3 Å². The normalized spacial score (nSPS) is 14.0. The minimum absolute atomic E-state index is 0.181. The van der Waals surface area contributed by atoms with E-state index in [4.69, 9.17) is 22.6 Å². The van der Waals surface area contributed by atoms with E-state index in [9.17, 15) is 13.7 Å². The molecule has 0 aliphatic rings. The monoisotopic (exact) mass is 478 g/mol. The second-order valence-electron chi connectivity index (χ2n) is 8.12. The van der Waals surface area contributed by atoms with Crippen molar-refractivity contribution in [2.24, 2.45) is 0 Å². The Labute approximate surface area is 177 Å². The van der Waals surface area contributed by atoms with Crippen molar-refractivity contribution in [1.29, 1.82) is 0 Å². The van der Waals surface area contributed by atoms with Crippen molar-refractivity contribution in [3.05, 3.63) is 0 Å². The maximum atomic E-state index is 13.8. The van der Waals surface area contributed by atoms with Gasteiger partial charge < -0.3 is 22.6 Å². The fourth-order valence-corrected chi connectivity index (χ4v) is 12.7. The Morgan fingerprint density at radius 2 is 0.931 bits per heavy atom. The van der Waals surface area contributed by atoms with Crippen LogP contribution in [0.3, 0.4) is 0 Å². The Hall–Kier alpha value is 0.490. The van der Waals surface area contributed by atoms with E-state index in [1.807, 2.05) is 6.92 Å². The van der Waals surface area contributed by atoms with Gasteiger partial charge in [0.15, 0.2) is 0 Å². The molecule has 29 heavy (non-hydrogen) atoms. The van der Waals surface area contributed by atoms with Crippen LogP contribution >= 0.6 is 22.6 Å². The lowest BCUT2D eigenvalue weighted by atomic mass is 10.4. The Kier molecular flexibility index (Phi) is 13.4. The Morgan fingerprint density at radius 3 is 1.17 bits per heavy atom. The molecule has 0 atom stereocenters. The van der Waals surface area contributed by atoms with Crippen LogP contribution in [0.25, 0.3) is 0 Å². The first kappa shape index (κ1) is 29.5. The Bertz CT molecular complexity index is 532. The molecule has 0 aliphatic heterocycles. The molecule has 0 heterocycles. The Morgan fingerprint density at radius 1 is 0.621 bits per heavy atom. The minimum Gasteiger partial charge on any atom is -0.328 e. The van der Waals surface area contributed by atoms with Crippen LogP contribution in [0.2, 0.25) is 0 Å². The summed E-state index contributed by atoms with van der Waals surface area (Å²) in [6.45, 7) is 15.9. The van der Waals surface area contributed by atoms with Gasteiger partial charge in [0.05, 0.1) is 31.0 Å². The number of hydrogen-bond donors (Lipinski definition) is 0. The topological polar surface area (TPSA) is 97.4 Å². The average molecular weight is 478 g/mol. The van der Waals surface area contributed by atoms with E-state index in [1.165, 1.54) is 0 Å². The zero-order valence-electron chi connectivity index (χ0n) is 19.5. The van der Waals surface area contributed by atoms with E-state index in [-0.39, 0.29) is 6.61 Å². The highest BCUT2D eigenvalue weighted by Crippen LogP contribution is 2.71. The molecular weight excluding hydrogens is 437 g/mol. The van der Waals surface area contributed by atoms with Crippen LogP contribution in [0, 0.1) is 0 Å². The van der Waals surface area contributed by atoms with Gasteiger partial charge in [-0.3, -0.25) is 13.7 Å². The van der Waals surface area contributed by atoms with Gasteiger partial charge in [-0.15, -0.1) is 0 Å². The third kappa shape index (κ3) is 13.5. The molecule has 0 radical (unpaired) electrons. The molecule has 0 saturated heterocycles. The second-order valence-corrected chi connectivity index (χ2v) is 15.6. The van der Waals surface area contributed by atoms with E-state index in [0.717, 1.165) is 6.42 Å². The predicted octanol–water partition coefficient (Wildman–Crippen LogP) is 7.08. The summed E-state index contributed by atoms with van der Waals surface area (Å²) in [5, 5.41) is 0. The highest BCUT2D eigenvalue weighted by atomic mass is 31.3. The van der Waals surface area contributed by atoms with E-state index in [1.54, 1.807) is 55.4 Å². The lowest BCUT2D eigenvalue weighted by Crippen LogP contribution is -2.15. The molecule has 0 fully saturated rings. The highest BCUT2D eigenvalue weighted by molar-refractivity contribution is 7.80. The molecular formula is C18H41O8P3. The summed E-state index contributed by atoms with van der Waals surface area (Å²) in [5.74, 6) is -0.958. The third-order valence-corrected chi connectivity index (χ3v) is 12.9. The Balaban J connectivity index is 5.91. The van der Waals surface area contributed by atoms with Crippen LogP contribution in [-0.4, -0.2) is 42.8 Å². The summed E-state index contributed by atoms with van der Waals surface area (Å²) >= 11 is 0. The van der Waals surface area contributed by atoms with Gasteiger partial charge in [0, 0.05) is 0 Å². The molecule has 0 spiro atoms. The predicted molar refractivity (Wildman–Crippen MR) is 118 cm³/mol. The molecule has 0 unspecified atom stereocenters. The van der Waals surface area contributed by atoms with Gasteiger partial charge in [-0.05, 0) is 61.8 Å². The van der Waals surface area contributed by atoms with Crippen LogP contribution in [0.4, 0.5) is 0 Å². The lowest BCUT2D eigenvalue weighted by Gasteiger charge is -2.30. The molecule has 0 aromatic carbocycles. The molecule has 0 N–H and O–H groups in total. The molecule has 0 aromatic rings. The van der Waals surface area contributed by atoms with E-state index >= 15 is 0 Å². The van der Waals surface area contributed by atoms with Gasteiger partial charge in [-0.25, -0.2) is 0 Å². The smallest absolute Gasteiger partial charge is 0.328 e. The van der Waals surface area contributed by atoms with Crippen LogP contribution < -0.4 is 0 Å². The van der Waals surface area contributed by atoms with Crippen molar-refractivity contribution in [3.8, 4) is 0 Å². The third-order valence-electron chi connectivity index (χ3n) is 3.09. The molecule has 0 saturated carbocycles. The first-order valence-electron chi connectivity index (χ1n) is 10.3. The summed E-state index contributed by atoms with van der Waals surface area (Å²) in [5.41, 5.74) is 0. The maximum absolute atomic E-state index is 13.8. The first-order valence-corrected chi connectivity index (χ1v) is 15.7. The minimum atomic E-state index is -3.78. The summed E-state index contributed by atoms with van der Waals surface area (Å²) < 4.78 is 68.3. The SMILES string of the molecule is CCCCOP(=O)(CP(=O)(OC(C)C)OC(C)C)CP(=O)(OC(C)C)OC(C)C. The molecule has 8 nitrogen and oxygen atoms in total. The summed E-state index contributed by atoms with van der Waals surface area (Å²) in [7, 11) is -11.3. The molecule has 0 aromatic heterocycles. The van der Waals surface area contributed by atoms with Gasteiger partial charge in [-0.1, -0.05) is 13.3 Å². The van der Waals surface area contributed by atoms with Crippen molar-refractivity contribution in [2.45, 2.75) is 99.6 Å². The number of hydrogen-bond acceptors (Lipinski definition) is 8. The standard InChI is InChI=1S/C18H41O8P3/c1-10-11-12-22-27(19,13-28(20,23-15(2)3)24-16(4)5)14-29(21,25-17(6)7)26-18(8)9/h15-18H,10-14H2,1-9H3. The van der Waals surface area contributed by atoms with Gasteiger partial charge in [-0.2, -0.15) is 0 Å². The fraction of sp³-hybridized carbons (Fsp3) is 1.00. The van der Waals surface area contributed by atoms with E-state index < -0.39 is 58.8 Å². The zero-order chi connectivity index (χ0) is 22.9. The number of unbranched alkanes of at least 4 members (excludes halogenated alkanes) is 1. The van der Waals surface area contributed by atoms with Crippen molar-refractivity contribution in [1.82, 2.24) is 0 Å². The van der Waals surface area contributed by atoms with Gasteiger partial charge in [0.25, 0.3) is 0 Å². The lowest BCUT2D eigenvalue weighted by molar-refractivity contribution is 0.144. The van der Waals surface area contributed by atoms with Crippen LogP contribution in [0.5, 0.6) is 0 Å². The van der Waals surface area contributed by atoms with E-state index in [2.05, 4.69) is 0 Å². The maximum Gasteiger partial charge on any atom is 0.340 e. The molecule has 0 rings (SSSR count). The molecule has 0 amide bonds. The van der Waals surface area contributed by atoms with E-state index in [0.29, 0.717) is 6.42 Å². The molecule has 0 bridgehead atoms. The van der Waals surface area contributed by atoms with Crippen LogP contribution in [0.15, 0.2) is 0 Å². The van der Waals surface area contributed by atoms with Gasteiger partial charge in [0.1, 0.15) is 11.8 Å². The van der Waals surface area contributed by atoms with Crippen LogP contribution in [0.1, 0.15) is 75.2 Å². The summed E-state index contributed by atoms with van der Waals surface area (Å²) in [4.78, 5) is 0. The largest absolute Gasteiger partial charge is 0.340 e. The van der Waals surface area contributed by atoms with Crippen molar-refractivity contribution in [3.63, 3.8) is 0 Å². The van der Waals surface area contributed by atoms with Crippen molar-refractivity contribution in [2.75, 3.05) is 18.4 Å². The molecule has 0 aliphatic carbocycles. The van der Waals surface area contributed by atoms with Gasteiger partial charge in [0.2, 0.25) is 7.37 Å². The second kappa shape index (κ2) is 13.1. The first-order chi connectivity index (χ1) is 13.1. The zero-order valence-corrected chi connectivity index (χ0v) is 22.1. The van der Waals surface area contributed by atoms with Crippen molar-refractivity contribution >= 4 is 22.6 Å². The summed E-state index contributed by atoms with van der Waals surface area (Å²) in [6.07, 6.45) is -0.150. The molecule has 11 heteroatoms.